The molecular weight excluding hydrogens is 320 g/mol. The Morgan fingerprint density at radius 2 is 2.04 bits per heavy atom. The third kappa shape index (κ3) is 2.83. The van der Waals surface area contributed by atoms with Crippen molar-refractivity contribution in [3.63, 3.8) is 0 Å². The highest BCUT2D eigenvalue weighted by Gasteiger charge is 2.33. The second-order valence-corrected chi connectivity index (χ2v) is 7.13. The van der Waals surface area contributed by atoms with Crippen LogP contribution in [0.3, 0.4) is 0 Å². The molecule has 4 rings (SSSR count). The largest absolute Gasteiger partial charge is 0.476 e. The molecule has 0 bridgehead atoms. The Labute approximate surface area is 147 Å². The fourth-order valence-corrected chi connectivity index (χ4v) is 3.69. The van der Waals surface area contributed by atoms with E-state index < -0.39 is 5.60 Å². The number of benzene rings is 1. The highest BCUT2D eigenvalue weighted by Crippen LogP contribution is 2.42. The molecule has 4 heteroatoms. The van der Waals surface area contributed by atoms with E-state index in [2.05, 4.69) is 47.6 Å². The number of pyridine rings is 1. The summed E-state index contributed by atoms with van der Waals surface area (Å²) in [5, 5.41) is 4.07. The van der Waals surface area contributed by atoms with E-state index >= 15 is 0 Å². The summed E-state index contributed by atoms with van der Waals surface area (Å²) in [4.78, 5) is 4.47. The van der Waals surface area contributed by atoms with Gasteiger partial charge in [-0.05, 0) is 62.5 Å². The monoisotopic (exact) mass is 340 g/mol. The number of hydrogen-bond acceptors (Lipinski definition) is 3. The molecule has 1 unspecified atom stereocenters. The first kappa shape index (κ1) is 15.7. The van der Waals surface area contributed by atoms with Crippen LogP contribution in [-0.4, -0.2) is 18.1 Å². The Balaban J connectivity index is 1.72. The van der Waals surface area contributed by atoms with Crippen LogP contribution in [0, 0.1) is 0 Å². The molecular formula is C20H21ClN2O. The van der Waals surface area contributed by atoms with Crippen LogP contribution in [0.25, 0.3) is 6.08 Å². The number of nitrogens with one attached hydrogen (secondary N) is 1. The molecule has 2 aliphatic rings. The first-order valence-corrected chi connectivity index (χ1v) is 8.87. The Hall–Kier alpha value is -1.84. The van der Waals surface area contributed by atoms with Gasteiger partial charge in [-0.15, -0.1) is 0 Å². The maximum absolute atomic E-state index is 6.52. The number of piperidine rings is 1. The predicted molar refractivity (Wildman–Crippen MR) is 97.5 cm³/mol. The average molecular weight is 341 g/mol. The van der Waals surface area contributed by atoms with Crippen LogP contribution >= 0.6 is 11.6 Å². The molecule has 1 N–H and O–H groups in total. The quantitative estimate of drug-likeness (QED) is 0.872. The van der Waals surface area contributed by atoms with Crippen molar-refractivity contribution < 1.29 is 4.74 Å². The lowest BCUT2D eigenvalue weighted by molar-refractivity contribution is 0.130. The number of hydrogen-bond donors (Lipinski definition) is 1. The number of rotatable bonds is 2. The second-order valence-electron chi connectivity index (χ2n) is 6.69. The topological polar surface area (TPSA) is 34.2 Å². The van der Waals surface area contributed by atoms with Gasteiger partial charge in [-0.3, -0.25) is 4.98 Å². The van der Waals surface area contributed by atoms with Gasteiger partial charge >= 0.3 is 0 Å². The lowest BCUT2D eigenvalue weighted by Gasteiger charge is -2.34. The van der Waals surface area contributed by atoms with E-state index in [0.29, 0.717) is 10.9 Å². The number of aromatic nitrogens is 1. The molecule has 2 aliphatic heterocycles. The Bertz CT molecular complexity index is 766. The maximum Gasteiger partial charge on any atom is 0.166 e. The zero-order valence-electron chi connectivity index (χ0n) is 13.8. The van der Waals surface area contributed by atoms with Gasteiger partial charge in [-0.25, -0.2) is 0 Å². The molecule has 1 atom stereocenters. The summed E-state index contributed by atoms with van der Waals surface area (Å²) in [6.45, 7) is 4.20. The van der Waals surface area contributed by atoms with Gasteiger partial charge < -0.3 is 10.1 Å². The molecule has 1 saturated heterocycles. The van der Waals surface area contributed by atoms with Crippen LogP contribution in [0.2, 0.25) is 5.02 Å². The lowest BCUT2D eigenvalue weighted by atomic mass is 9.86. The minimum Gasteiger partial charge on any atom is -0.476 e. The van der Waals surface area contributed by atoms with Gasteiger partial charge in [0.25, 0.3) is 0 Å². The van der Waals surface area contributed by atoms with Crippen molar-refractivity contribution in [3.8, 4) is 5.75 Å². The summed E-state index contributed by atoms with van der Waals surface area (Å²) >= 11 is 5.98. The van der Waals surface area contributed by atoms with Gasteiger partial charge in [0.15, 0.2) is 5.60 Å². The number of halogens is 1. The smallest absolute Gasteiger partial charge is 0.166 e. The van der Waals surface area contributed by atoms with Crippen LogP contribution in [0.5, 0.6) is 5.75 Å². The van der Waals surface area contributed by atoms with Gasteiger partial charge in [0.2, 0.25) is 0 Å². The van der Waals surface area contributed by atoms with E-state index in [-0.39, 0.29) is 0 Å². The van der Waals surface area contributed by atoms with Gasteiger partial charge in [0.1, 0.15) is 5.75 Å². The number of fused-ring (bicyclic) bond motifs is 1. The van der Waals surface area contributed by atoms with E-state index in [0.717, 1.165) is 42.9 Å². The Morgan fingerprint density at radius 1 is 1.21 bits per heavy atom. The average Bonchev–Trinajstić information content (AvgIpc) is 2.62. The normalized spacial score (nSPS) is 23.6. The van der Waals surface area contributed by atoms with Gasteiger partial charge in [0.05, 0.1) is 10.7 Å². The first-order chi connectivity index (χ1) is 11.7. The van der Waals surface area contributed by atoms with Crippen molar-refractivity contribution >= 4 is 17.7 Å². The van der Waals surface area contributed by atoms with E-state index in [1.165, 1.54) is 5.56 Å². The van der Waals surface area contributed by atoms with Crippen molar-refractivity contribution in [1.29, 1.82) is 0 Å². The molecule has 0 spiro atoms. The van der Waals surface area contributed by atoms with Crippen LogP contribution in [0.1, 0.15) is 42.5 Å². The van der Waals surface area contributed by atoms with Crippen molar-refractivity contribution in [2.45, 2.75) is 31.3 Å². The van der Waals surface area contributed by atoms with Crippen molar-refractivity contribution in [2.75, 3.05) is 13.1 Å². The summed E-state index contributed by atoms with van der Waals surface area (Å²) in [5.41, 5.74) is 2.77. The van der Waals surface area contributed by atoms with E-state index in [4.69, 9.17) is 16.3 Å². The Kier molecular flexibility index (Phi) is 4.07. The third-order valence-corrected chi connectivity index (χ3v) is 5.21. The first-order valence-electron chi connectivity index (χ1n) is 8.50. The second kappa shape index (κ2) is 6.23. The number of nitrogens with zero attached hydrogens (tertiary/aromatic N) is 1. The number of ether oxygens (including phenoxy) is 1. The minimum absolute atomic E-state index is 0.551. The van der Waals surface area contributed by atoms with Crippen molar-refractivity contribution in [1.82, 2.24) is 10.3 Å². The third-order valence-electron chi connectivity index (χ3n) is 4.99. The highest BCUT2D eigenvalue weighted by molar-refractivity contribution is 6.30. The standard InChI is InChI=1S/C20H21ClN2O/c1-20(18-6-5-16(21)13-23-18)10-7-15-3-2-4-17(19(15)24-20)14-8-11-22-12-9-14/h2-7,10,13-14,22H,8-9,11-12H2,1H3. The van der Waals surface area contributed by atoms with Crippen molar-refractivity contribution in [2.24, 2.45) is 0 Å². The van der Waals surface area contributed by atoms with Crippen LogP contribution in [-0.2, 0) is 5.60 Å². The highest BCUT2D eigenvalue weighted by atomic mass is 35.5. The fraction of sp³-hybridized carbons (Fsp3) is 0.350. The summed E-state index contributed by atoms with van der Waals surface area (Å²) in [7, 11) is 0. The molecule has 0 amide bonds. The summed E-state index contributed by atoms with van der Waals surface area (Å²) in [6.07, 6.45) is 8.21. The number of para-hydroxylation sites is 1. The summed E-state index contributed by atoms with van der Waals surface area (Å²) < 4.78 is 6.52. The molecule has 1 aromatic carbocycles. The minimum atomic E-state index is -0.569. The van der Waals surface area contributed by atoms with Crippen molar-refractivity contribution in [3.05, 3.63) is 64.4 Å². The molecule has 2 aromatic rings. The molecule has 3 heterocycles. The zero-order chi connectivity index (χ0) is 16.6. The molecule has 124 valence electrons. The molecule has 3 nitrogen and oxygen atoms in total. The predicted octanol–water partition coefficient (Wildman–Crippen LogP) is 4.52. The molecule has 1 fully saturated rings. The van der Waals surface area contributed by atoms with Crippen LogP contribution in [0.4, 0.5) is 0 Å². The van der Waals surface area contributed by atoms with Crippen LogP contribution < -0.4 is 10.1 Å². The van der Waals surface area contributed by atoms with Gasteiger partial charge in [-0.1, -0.05) is 35.9 Å². The van der Waals surface area contributed by atoms with E-state index in [9.17, 15) is 0 Å². The van der Waals surface area contributed by atoms with E-state index in [1.54, 1.807) is 6.20 Å². The maximum atomic E-state index is 6.52. The van der Waals surface area contributed by atoms with Crippen LogP contribution in [0.15, 0.2) is 42.6 Å². The molecule has 0 saturated carbocycles. The lowest BCUT2D eigenvalue weighted by Crippen LogP contribution is -2.32. The van der Waals surface area contributed by atoms with E-state index in [1.807, 2.05) is 12.1 Å². The molecule has 1 aromatic heterocycles. The van der Waals surface area contributed by atoms with Gasteiger partial charge in [0, 0.05) is 11.8 Å². The zero-order valence-corrected chi connectivity index (χ0v) is 14.5. The molecule has 24 heavy (non-hydrogen) atoms. The fourth-order valence-electron chi connectivity index (χ4n) is 3.58. The summed E-state index contributed by atoms with van der Waals surface area (Å²) in [5.74, 6) is 1.56. The molecule has 0 aliphatic carbocycles. The van der Waals surface area contributed by atoms with Gasteiger partial charge in [-0.2, -0.15) is 0 Å². The SMILES string of the molecule is CC1(c2ccc(Cl)cn2)C=Cc2cccc(C3CCNCC3)c2O1. The molecule has 0 radical (unpaired) electrons. The summed E-state index contributed by atoms with van der Waals surface area (Å²) in [6, 6.07) is 10.3. The Morgan fingerprint density at radius 3 is 2.79 bits per heavy atom.